The van der Waals surface area contributed by atoms with E-state index >= 15 is 0 Å². The van der Waals surface area contributed by atoms with Gasteiger partial charge in [0.15, 0.2) is 0 Å². The van der Waals surface area contributed by atoms with Crippen LogP contribution in [0.2, 0.25) is 0 Å². The predicted molar refractivity (Wildman–Crippen MR) is 72.1 cm³/mol. The first-order valence-electron chi connectivity index (χ1n) is 6.19. The third-order valence-electron chi connectivity index (χ3n) is 2.95. The molecule has 112 valence electrons. The summed E-state index contributed by atoms with van der Waals surface area (Å²) < 4.78 is 36.6. The van der Waals surface area contributed by atoms with E-state index in [0.29, 0.717) is 11.3 Å². The van der Waals surface area contributed by atoms with Crippen LogP contribution < -0.4 is 15.2 Å². The van der Waals surface area contributed by atoms with Crippen LogP contribution in [0, 0.1) is 11.6 Å². The van der Waals surface area contributed by atoms with Gasteiger partial charge in [0.05, 0.1) is 26.5 Å². The van der Waals surface area contributed by atoms with E-state index in [0.717, 1.165) is 6.07 Å². The summed E-state index contributed by atoms with van der Waals surface area (Å²) >= 11 is 0. The van der Waals surface area contributed by atoms with Crippen molar-refractivity contribution in [3.63, 3.8) is 0 Å². The van der Waals surface area contributed by atoms with Crippen LogP contribution in [0.15, 0.2) is 24.4 Å². The Labute approximate surface area is 120 Å². The fourth-order valence-corrected chi connectivity index (χ4v) is 1.89. The number of methoxy groups -OCH3 is 2. The monoisotopic (exact) mass is 295 g/mol. The lowest BCUT2D eigenvalue weighted by molar-refractivity contribution is 0.353. The van der Waals surface area contributed by atoms with Gasteiger partial charge in [0.25, 0.3) is 0 Å². The molecule has 0 saturated heterocycles. The summed E-state index contributed by atoms with van der Waals surface area (Å²) in [5.41, 5.74) is 6.69. The molecule has 0 radical (unpaired) electrons. The first kappa shape index (κ1) is 15.1. The summed E-state index contributed by atoms with van der Waals surface area (Å²) in [4.78, 5) is 8.20. The molecule has 0 amide bonds. The van der Waals surface area contributed by atoms with E-state index in [-0.39, 0.29) is 18.2 Å². The smallest absolute Gasteiger partial charge is 0.240 e. The zero-order valence-electron chi connectivity index (χ0n) is 11.6. The molecule has 2 rings (SSSR count). The van der Waals surface area contributed by atoms with Crippen LogP contribution in [0.25, 0.3) is 0 Å². The van der Waals surface area contributed by atoms with Gasteiger partial charge in [-0.1, -0.05) is 6.07 Å². The van der Waals surface area contributed by atoms with Gasteiger partial charge in [0.1, 0.15) is 17.3 Å². The number of hydrogen-bond donors (Lipinski definition) is 1. The zero-order chi connectivity index (χ0) is 15.4. The molecule has 2 aromatic rings. The van der Waals surface area contributed by atoms with Crippen molar-refractivity contribution in [1.82, 2.24) is 9.97 Å². The minimum atomic E-state index is -0.647. The summed E-state index contributed by atoms with van der Waals surface area (Å²) in [5.74, 6) is -0.780. The van der Waals surface area contributed by atoms with E-state index < -0.39 is 17.7 Å². The minimum absolute atomic E-state index is 0.142. The highest BCUT2D eigenvalue weighted by molar-refractivity contribution is 5.28. The number of aromatic nitrogens is 2. The molecule has 5 nitrogen and oxygen atoms in total. The maximum Gasteiger partial charge on any atom is 0.240 e. The Morgan fingerprint density at radius 3 is 2.62 bits per heavy atom. The van der Waals surface area contributed by atoms with Gasteiger partial charge in [0, 0.05) is 6.07 Å². The van der Waals surface area contributed by atoms with E-state index in [4.69, 9.17) is 15.2 Å². The Morgan fingerprint density at radius 1 is 1.24 bits per heavy atom. The van der Waals surface area contributed by atoms with E-state index in [1.54, 1.807) is 0 Å². The molecule has 7 heteroatoms. The third-order valence-corrected chi connectivity index (χ3v) is 2.95. The average Bonchev–Trinajstić information content (AvgIpc) is 2.49. The summed E-state index contributed by atoms with van der Waals surface area (Å²) in [6.45, 7) is 0. The highest BCUT2D eigenvalue weighted by atomic mass is 19.1. The highest BCUT2D eigenvalue weighted by Gasteiger charge is 2.18. The normalized spacial score (nSPS) is 12.0. The van der Waals surface area contributed by atoms with Crippen molar-refractivity contribution < 1.29 is 18.3 Å². The molecule has 1 aromatic heterocycles. The predicted octanol–water partition coefficient (Wildman–Crippen LogP) is 2.01. The first-order valence-corrected chi connectivity index (χ1v) is 6.19. The number of halogens is 2. The van der Waals surface area contributed by atoms with Crippen molar-refractivity contribution >= 4 is 0 Å². The Kier molecular flexibility index (Phi) is 4.64. The molecule has 1 unspecified atom stereocenters. The van der Waals surface area contributed by atoms with Crippen molar-refractivity contribution in [3.05, 3.63) is 47.3 Å². The first-order chi connectivity index (χ1) is 10.0. The van der Waals surface area contributed by atoms with E-state index in [1.165, 1.54) is 32.5 Å². The molecule has 1 heterocycles. The largest absolute Gasteiger partial charge is 0.480 e. The van der Waals surface area contributed by atoms with Crippen LogP contribution in [0.1, 0.15) is 17.3 Å². The Bertz CT molecular complexity index is 638. The lowest BCUT2D eigenvalue weighted by atomic mass is 10.0. The average molecular weight is 295 g/mol. The van der Waals surface area contributed by atoms with Gasteiger partial charge in [-0.3, -0.25) is 0 Å². The van der Waals surface area contributed by atoms with Gasteiger partial charge < -0.3 is 15.2 Å². The number of ether oxygens (including phenoxy) is 2. The number of nitrogens with zero attached hydrogens (tertiary/aromatic N) is 2. The van der Waals surface area contributed by atoms with Crippen LogP contribution in [0.4, 0.5) is 8.78 Å². The van der Waals surface area contributed by atoms with Crippen LogP contribution >= 0.6 is 0 Å². The molecule has 0 spiro atoms. The maximum atomic E-state index is 13.6. The summed E-state index contributed by atoms with van der Waals surface area (Å²) in [6.07, 6.45) is 1.54. The molecular weight excluding hydrogens is 280 g/mol. The van der Waals surface area contributed by atoms with E-state index in [2.05, 4.69) is 9.97 Å². The number of nitrogens with two attached hydrogens (primary N) is 1. The third kappa shape index (κ3) is 3.43. The van der Waals surface area contributed by atoms with Crippen LogP contribution in [0.5, 0.6) is 11.8 Å². The van der Waals surface area contributed by atoms with Gasteiger partial charge in [-0.25, -0.2) is 13.8 Å². The summed E-state index contributed by atoms with van der Waals surface area (Å²) in [6, 6.07) is 2.72. The van der Waals surface area contributed by atoms with Gasteiger partial charge >= 0.3 is 0 Å². The van der Waals surface area contributed by atoms with Crippen LogP contribution in [-0.2, 0) is 6.42 Å². The Hall–Kier alpha value is -2.28. The van der Waals surface area contributed by atoms with Crippen molar-refractivity contribution in [2.75, 3.05) is 14.2 Å². The Morgan fingerprint density at radius 2 is 2.00 bits per heavy atom. The second-order valence-corrected chi connectivity index (χ2v) is 4.35. The zero-order valence-corrected chi connectivity index (χ0v) is 11.6. The molecule has 0 fully saturated rings. The van der Waals surface area contributed by atoms with E-state index in [9.17, 15) is 8.78 Å². The molecule has 0 aliphatic rings. The molecule has 0 aliphatic heterocycles. The molecule has 0 bridgehead atoms. The van der Waals surface area contributed by atoms with Gasteiger partial charge in [-0.15, -0.1) is 0 Å². The van der Waals surface area contributed by atoms with Crippen molar-refractivity contribution in [2.24, 2.45) is 5.73 Å². The van der Waals surface area contributed by atoms with Crippen molar-refractivity contribution in [1.29, 1.82) is 0 Å². The van der Waals surface area contributed by atoms with Gasteiger partial charge in [-0.2, -0.15) is 4.98 Å². The molecule has 2 N–H and O–H groups in total. The van der Waals surface area contributed by atoms with Crippen LogP contribution in [-0.4, -0.2) is 24.2 Å². The standard InChI is InChI=1S/C14H15F2N3O2/c1-20-12-7-18-13(14(19-12)21-2)11(17)5-8-3-4-9(15)6-10(8)16/h3-4,6-7,11H,5,17H2,1-2H3. The highest BCUT2D eigenvalue weighted by Crippen LogP contribution is 2.25. The summed E-state index contributed by atoms with van der Waals surface area (Å²) in [5, 5.41) is 0. The lowest BCUT2D eigenvalue weighted by Gasteiger charge is -2.14. The second-order valence-electron chi connectivity index (χ2n) is 4.35. The quantitative estimate of drug-likeness (QED) is 0.913. The van der Waals surface area contributed by atoms with Crippen molar-refractivity contribution in [3.8, 4) is 11.8 Å². The minimum Gasteiger partial charge on any atom is -0.480 e. The van der Waals surface area contributed by atoms with Crippen molar-refractivity contribution in [2.45, 2.75) is 12.5 Å². The molecule has 0 aliphatic carbocycles. The molecule has 1 aromatic carbocycles. The number of rotatable bonds is 5. The Balaban J connectivity index is 2.25. The molecule has 1 atom stereocenters. The SMILES string of the molecule is COc1cnc(C(N)Cc2ccc(F)cc2F)c(OC)n1. The fraction of sp³-hybridized carbons (Fsp3) is 0.286. The maximum absolute atomic E-state index is 13.6. The molecule has 0 saturated carbocycles. The van der Waals surface area contributed by atoms with Gasteiger partial charge in [-0.05, 0) is 18.1 Å². The molecule has 21 heavy (non-hydrogen) atoms. The van der Waals surface area contributed by atoms with Gasteiger partial charge in [0.2, 0.25) is 11.8 Å². The second kappa shape index (κ2) is 6.45. The number of benzene rings is 1. The lowest BCUT2D eigenvalue weighted by Crippen LogP contribution is -2.17. The topological polar surface area (TPSA) is 70.3 Å². The number of hydrogen-bond acceptors (Lipinski definition) is 5. The fourth-order valence-electron chi connectivity index (χ4n) is 1.89. The van der Waals surface area contributed by atoms with Crippen LogP contribution in [0.3, 0.4) is 0 Å². The molecular formula is C14H15F2N3O2. The van der Waals surface area contributed by atoms with E-state index in [1.807, 2.05) is 0 Å². The summed E-state index contributed by atoms with van der Waals surface area (Å²) in [7, 11) is 2.88.